The Hall–Kier alpha value is -1.39. The van der Waals surface area contributed by atoms with Gasteiger partial charge in [0.2, 0.25) is 5.91 Å². The number of rotatable bonds is 4. The molecule has 4 nitrogen and oxygen atoms in total. The normalized spacial score (nSPS) is 28.8. The second kappa shape index (κ2) is 8.32. The van der Waals surface area contributed by atoms with Crippen LogP contribution in [0, 0.1) is 11.3 Å². The molecule has 4 rings (SSSR count). The van der Waals surface area contributed by atoms with E-state index in [1.54, 1.807) is 0 Å². The number of piperidine rings is 3. The van der Waals surface area contributed by atoms with E-state index in [1.165, 1.54) is 64.0 Å². The van der Waals surface area contributed by atoms with Crippen LogP contribution in [0.5, 0.6) is 0 Å². The van der Waals surface area contributed by atoms with Gasteiger partial charge in [0.25, 0.3) is 0 Å². The fraction of sp³-hybridized carbons (Fsp3) is 0.696. The molecule has 3 aliphatic heterocycles. The summed E-state index contributed by atoms with van der Waals surface area (Å²) in [5, 5.41) is 0. The molecule has 3 aliphatic rings. The summed E-state index contributed by atoms with van der Waals surface area (Å²) in [7, 11) is 2.24. The maximum absolute atomic E-state index is 12.6. The van der Waals surface area contributed by atoms with E-state index in [-0.39, 0.29) is 0 Å². The summed E-state index contributed by atoms with van der Waals surface area (Å²) < 4.78 is 0. The first-order valence-corrected chi connectivity index (χ1v) is 10.8. The molecule has 148 valence electrons. The summed E-state index contributed by atoms with van der Waals surface area (Å²) in [6.07, 6.45) is 7.09. The van der Waals surface area contributed by atoms with Gasteiger partial charge in [-0.1, -0.05) is 30.3 Å². The van der Waals surface area contributed by atoms with Crippen LogP contribution in [0.15, 0.2) is 30.3 Å². The molecule has 1 amide bonds. The molecule has 0 aliphatic carbocycles. The van der Waals surface area contributed by atoms with E-state index in [4.69, 9.17) is 0 Å². The average molecular weight is 370 g/mol. The predicted octanol–water partition coefficient (Wildman–Crippen LogP) is 3.23. The Labute approximate surface area is 164 Å². The lowest BCUT2D eigenvalue weighted by atomic mass is 9.73. The molecule has 3 fully saturated rings. The number of benzene rings is 1. The number of hydrogen-bond acceptors (Lipinski definition) is 3. The zero-order valence-corrected chi connectivity index (χ0v) is 16.9. The van der Waals surface area contributed by atoms with Gasteiger partial charge in [-0.05, 0) is 70.3 Å². The van der Waals surface area contributed by atoms with Gasteiger partial charge in [-0.2, -0.15) is 0 Å². The highest BCUT2D eigenvalue weighted by molar-refractivity contribution is 5.77. The fourth-order valence-corrected chi connectivity index (χ4v) is 5.46. The van der Waals surface area contributed by atoms with Crippen molar-refractivity contribution in [3.05, 3.63) is 35.9 Å². The molecule has 1 unspecified atom stereocenters. The third-order valence-corrected chi connectivity index (χ3v) is 7.06. The van der Waals surface area contributed by atoms with E-state index in [0.717, 1.165) is 31.8 Å². The van der Waals surface area contributed by atoms with Gasteiger partial charge >= 0.3 is 0 Å². The fourth-order valence-electron chi connectivity index (χ4n) is 5.46. The van der Waals surface area contributed by atoms with Crippen molar-refractivity contribution in [2.45, 2.75) is 45.1 Å². The molecule has 0 bridgehead atoms. The molecule has 0 saturated carbocycles. The third-order valence-electron chi connectivity index (χ3n) is 7.06. The van der Waals surface area contributed by atoms with Crippen LogP contribution in [-0.2, 0) is 11.3 Å². The van der Waals surface area contributed by atoms with Crippen molar-refractivity contribution in [2.75, 3.05) is 46.3 Å². The number of amides is 1. The van der Waals surface area contributed by atoms with Gasteiger partial charge in [0.15, 0.2) is 0 Å². The zero-order valence-electron chi connectivity index (χ0n) is 16.9. The Morgan fingerprint density at radius 3 is 2.59 bits per heavy atom. The van der Waals surface area contributed by atoms with E-state index in [2.05, 4.69) is 46.0 Å². The van der Waals surface area contributed by atoms with Crippen LogP contribution >= 0.6 is 0 Å². The SMILES string of the molecule is CN1CCC(CN2CCCC3(CCC(=O)N(Cc4ccccc4)C3)C2)CC1. The predicted molar refractivity (Wildman–Crippen MR) is 109 cm³/mol. The molecule has 1 spiro atoms. The van der Waals surface area contributed by atoms with Crippen LogP contribution < -0.4 is 0 Å². The van der Waals surface area contributed by atoms with Crippen molar-refractivity contribution in [2.24, 2.45) is 11.3 Å². The molecular weight excluding hydrogens is 334 g/mol. The standard InChI is InChI=1S/C23H35N3O/c1-24-14-9-21(10-15-24)16-25-13-5-11-23(18-25)12-8-22(27)26(19-23)17-20-6-3-2-4-7-20/h2-4,6-7,21H,5,8-19H2,1H3. The Morgan fingerprint density at radius 2 is 1.81 bits per heavy atom. The van der Waals surface area contributed by atoms with E-state index in [0.29, 0.717) is 11.3 Å². The van der Waals surface area contributed by atoms with Crippen molar-refractivity contribution in [1.29, 1.82) is 0 Å². The highest BCUT2D eigenvalue weighted by Gasteiger charge is 2.41. The summed E-state index contributed by atoms with van der Waals surface area (Å²) >= 11 is 0. The van der Waals surface area contributed by atoms with Gasteiger partial charge in [0, 0.05) is 38.0 Å². The molecule has 1 atom stereocenters. The van der Waals surface area contributed by atoms with Gasteiger partial charge in [0.05, 0.1) is 0 Å². The van der Waals surface area contributed by atoms with Crippen LogP contribution in [-0.4, -0.2) is 66.9 Å². The first kappa shape index (κ1) is 18.9. The van der Waals surface area contributed by atoms with E-state index < -0.39 is 0 Å². The van der Waals surface area contributed by atoms with Crippen molar-refractivity contribution < 1.29 is 4.79 Å². The van der Waals surface area contributed by atoms with E-state index >= 15 is 0 Å². The molecule has 0 aromatic heterocycles. The maximum atomic E-state index is 12.6. The summed E-state index contributed by atoms with van der Waals surface area (Å²) in [6.45, 7) is 7.94. The van der Waals surface area contributed by atoms with Gasteiger partial charge in [-0.3, -0.25) is 4.79 Å². The van der Waals surface area contributed by atoms with Crippen molar-refractivity contribution in [3.63, 3.8) is 0 Å². The van der Waals surface area contributed by atoms with Gasteiger partial charge in [-0.25, -0.2) is 0 Å². The smallest absolute Gasteiger partial charge is 0.222 e. The second-order valence-corrected chi connectivity index (χ2v) is 9.32. The number of likely N-dealkylation sites (tertiary alicyclic amines) is 3. The number of carbonyl (C=O) groups excluding carboxylic acids is 1. The first-order valence-electron chi connectivity index (χ1n) is 10.8. The molecule has 0 N–H and O–H groups in total. The monoisotopic (exact) mass is 369 g/mol. The minimum atomic E-state index is 0.326. The Balaban J connectivity index is 1.37. The molecule has 3 saturated heterocycles. The highest BCUT2D eigenvalue weighted by atomic mass is 16.2. The summed E-state index contributed by atoms with van der Waals surface area (Å²) in [5.41, 5.74) is 1.58. The lowest BCUT2D eigenvalue weighted by molar-refractivity contribution is -0.140. The van der Waals surface area contributed by atoms with Crippen LogP contribution in [0.25, 0.3) is 0 Å². The van der Waals surface area contributed by atoms with E-state index in [9.17, 15) is 4.79 Å². The van der Waals surface area contributed by atoms with Crippen LogP contribution in [0.1, 0.15) is 44.1 Å². The molecule has 1 aromatic carbocycles. The molecule has 0 radical (unpaired) electrons. The Bertz CT molecular complexity index is 626. The Kier molecular flexibility index (Phi) is 5.84. The molecular formula is C23H35N3O. The van der Waals surface area contributed by atoms with Crippen molar-refractivity contribution in [3.8, 4) is 0 Å². The van der Waals surface area contributed by atoms with Gasteiger partial charge in [-0.15, -0.1) is 0 Å². The summed E-state index contributed by atoms with van der Waals surface area (Å²) in [5.74, 6) is 1.21. The molecule has 1 aromatic rings. The third kappa shape index (κ3) is 4.72. The minimum absolute atomic E-state index is 0.326. The number of hydrogen-bond donors (Lipinski definition) is 0. The van der Waals surface area contributed by atoms with Crippen molar-refractivity contribution >= 4 is 5.91 Å². The van der Waals surface area contributed by atoms with Crippen LogP contribution in [0.4, 0.5) is 0 Å². The topological polar surface area (TPSA) is 26.8 Å². The quantitative estimate of drug-likeness (QED) is 0.815. The highest BCUT2D eigenvalue weighted by Crippen LogP contribution is 2.39. The summed E-state index contributed by atoms with van der Waals surface area (Å²) in [4.78, 5) is 19.9. The lowest BCUT2D eigenvalue weighted by Gasteiger charge is -2.49. The Morgan fingerprint density at radius 1 is 1.04 bits per heavy atom. The lowest BCUT2D eigenvalue weighted by Crippen LogP contribution is -2.54. The molecule has 3 heterocycles. The van der Waals surface area contributed by atoms with Crippen LogP contribution in [0.2, 0.25) is 0 Å². The zero-order chi connectivity index (χ0) is 18.7. The second-order valence-electron chi connectivity index (χ2n) is 9.32. The molecule has 27 heavy (non-hydrogen) atoms. The van der Waals surface area contributed by atoms with E-state index in [1.807, 2.05) is 6.07 Å². The van der Waals surface area contributed by atoms with Gasteiger partial charge in [0.1, 0.15) is 0 Å². The minimum Gasteiger partial charge on any atom is -0.338 e. The first-order chi connectivity index (χ1) is 13.1. The number of nitrogens with zero attached hydrogens (tertiary/aromatic N) is 3. The summed E-state index contributed by atoms with van der Waals surface area (Å²) in [6, 6.07) is 10.5. The van der Waals surface area contributed by atoms with Gasteiger partial charge < -0.3 is 14.7 Å². The largest absolute Gasteiger partial charge is 0.338 e. The van der Waals surface area contributed by atoms with Crippen LogP contribution in [0.3, 0.4) is 0 Å². The number of carbonyl (C=O) groups is 1. The van der Waals surface area contributed by atoms with Crippen molar-refractivity contribution in [1.82, 2.24) is 14.7 Å². The molecule has 4 heteroatoms. The maximum Gasteiger partial charge on any atom is 0.222 e. The average Bonchev–Trinajstić information content (AvgIpc) is 2.68.